The molecular weight excluding hydrogens is 460 g/mol. The van der Waals surface area contributed by atoms with E-state index in [1.54, 1.807) is 0 Å². The van der Waals surface area contributed by atoms with Gasteiger partial charge in [-0.1, -0.05) is 51.9 Å². The fraction of sp³-hybridized carbons (Fsp3) is 0.524. The second-order valence-corrected chi connectivity index (χ2v) is 9.38. The van der Waals surface area contributed by atoms with Gasteiger partial charge >= 0.3 is 23.9 Å². The molecule has 32 heavy (non-hydrogen) atoms. The van der Waals surface area contributed by atoms with E-state index in [4.69, 9.17) is 23.7 Å². The van der Waals surface area contributed by atoms with Crippen molar-refractivity contribution in [3.8, 4) is 0 Å². The highest BCUT2D eigenvalue weighted by molar-refractivity contribution is 8.76. The third-order valence-electron chi connectivity index (χ3n) is 4.18. The van der Waals surface area contributed by atoms with E-state index in [-0.39, 0.29) is 6.61 Å². The first kappa shape index (κ1) is 26.0. The maximum Gasteiger partial charge on any atom is 0.303 e. The molecule has 5 atom stereocenters. The molecule has 0 saturated carbocycles. The lowest BCUT2D eigenvalue weighted by Gasteiger charge is -2.43. The summed E-state index contributed by atoms with van der Waals surface area (Å²) in [7, 11) is 2.73. The molecule has 1 aliphatic rings. The molecule has 176 valence electrons. The van der Waals surface area contributed by atoms with Crippen LogP contribution in [-0.4, -0.2) is 60.3 Å². The van der Waals surface area contributed by atoms with Crippen molar-refractivity contribution in [1.82, 2.24) is 0 Å². The van der Waals surface area contributed by atoms with E-state index in [0.717, 1.165) is 5.56 Å². The molecule has 0 aromatic heterocycles. The van der Waals surface area contributed by atoms with Gasteiger partial charge in [-0.3, -0.25) is 19.2 Å². The van der Waals surface area contributed by atoms with Gasteiger partial charge in [-0.15, -0.1) is 0 Å². The summed E-state index contributed by atoms with van der Waals surface area (Å²) in [6.07, 6.45) is -4.28. The van der Waals surface area contributed by atoms with Crippen molar-refractivity contribution in [3.05, 3.63) is 35.9 Å². The van der Waals surface area contributed by atoms with E-state index in [2.05, 4.69) is 0 Å². The molecule has 1 aromatic rings. The summed E-state index contributed by atoms with van der Waals surface area (Å²) in [5.41, 5.74) is 0.292. The fourth-order valence-electron chi connectivity index (χ4n) is 3.01. The number of esters is 4. The standard InChI is InChI=1S/C21H26O9S2/c1-12(22)26-10-17-18(27-13(2)23)19(28-14(3)24)20(29-15(4)25)21(30-17)32-31-11-16-8-6-5-7-9-16/h5-9,17-21H,10-11H2,1-4H3. The lowest BCUT2D eigenvalue weighted by atomic mass is 9.99. The highest BCUT2D eigenvalue weighted by Crippen LogP contribution is 2.40. The van der Waals surface area contributed by atoms with E-state index in [0.29, 0.717) is 5.75 Å². The molecule has 11 heteroatoms. The predicted molar refractivity (Wildman–Crippen MR) is 117 cm³/mol. The zero-order valence-corrected chi connectivity index (χ0v) is 19.8. The lowest BCUT2D eigenvalue weighted by molar-refractivity contribution is -0.237. The Balaban J connectivity index is 2.28. The van der Waals surface area contributed by atoms with Gasteiger partial charge in [-0.25, -0.2) is 0 Å². The van der Waals surface area contributed by atoms with Gasteiger partial charge in [0.15, 0.2) is 23.7 Å². The Morgan fingerprint density at radius 2 is 1.38 bits per heavy atom. The summed E-state index contributed by atoms with van der Waals surface area (Å²) in [6.45, 7) is 4.59. The predicted octanol–water partition coefficient (Wildman–Crippen LogP) is 2.65. The van der Waals surface area contributed by atoms with Crippen LogP contribution >= 0.6 is 21.6 Å². The Labute approximate surface area is 194 Å². The Hall–Kier alpha value is -2.24. The normalized spacial score (nSPS) is 24.8. The minimum absolute atomic E-state index is 0.238. The van der Waals surface area contributed by atoms with Gasteiger partial charge in [0.25, 0.3) is 0 Å². The van der Waals surface area contributed by atoms with Crippen LogP contribution in [0, 0.1) is 0 Å². The summed E-state index contributed by atoms with van der Waals surface area (Å²) in [6, 6.07) is 9.71. The molecule has 5 unspecified atom stereocenters. The molecule has 0 amide bonds. The molecule has 0 aliphatic carbocycles. The van der Waals surface area contributed by atoms with E-state index < -0.39 is 53.7 Å². The quantitative estimate of drug-likeness (QED) is 0.291. The van der Waals surface area contributed by atoms with Crippen molar-refractivity contribution in [2.75, 3.05) is 6.61 Å². The molecule has 0 N–H and O–H groups in total. The third-order valence-corrected chi connectivity index (χ3v) is 6.67. The van der Waals surface area contributed by atoms with Crippen molar-refractivity contribution < 1.29 is 42.9 Å². The smallest absolute Gasteiger partial charge is 0.303 e. The van der Waals surface area contributed by atoms with Crippen LogP contribution in [0.1, 0.15) is 33.3 Å². The van der Waals surface area contributed by atoms with E-state index >= 15 is 0 Å². The Kier molecular flexibility index (Phi) is 10.3. The number of hydrogen-bond donors (Lipinski definition) is 0. The first-order valence-electron chi connectivity index (χ1n) is 9.80. The molecule has 1 heterocycles. The third kappa shape index (κ3) is 8.36. The number of rotatable bonds is 9. The van der Waals surface area contributed by atoms with Crippen molar-refractivity contribution in [2.24, 2.45) is 0 Å². The first-order chi connectivity index (χ1) is 15.2. The summed E-state index contributed by atoms with van der Waals surface area (Å²) in [4.78, 5) is 46.7. The number of ether oxygens (including phenoxy) is 5. The molecule has 1 saturated heterocycles. The van der Waals surface area contributed by atoms with Gasteiger partial charge in [-0.05, 0) is 5.56 Å². The topological polar surface area (TPSA) is 114 Å². The second-order valence-electron chi connectivity index (χ2n) is 6.91. The largest absolute Gasteiger partial charge is 0.463 e. The van der Waals surface area contributed by atoms with E-state index in [9.17, 15) is 19.2 Å². The average Bonchev–Trinajstić information content (AvgIpc) is 2.70. The summed E-state index contributed by atoms with van der Waals surface area (Å²) < 4.78 is 27.3. The zero-order valence-electron chi connectivity index (χ0n) is 18.2. The van der Waals surface area contributed by atoms with Gasteiger partial charge in [0.1, 0.15) is 12.7 Å². The highest BCUT2D eigenvalue weighted by Gasteiger charge is 2.52. The molecule has 9 nitrogen and oxygen atoms in total. The van der Waals surface area contributed by atoms with Crippen molar-refractivity contribution in [2.45, 2.75) is 63.3 Å². The molecule has 1 fully saturated rings. The molecule has 0 bridgehead atoms. The summed E-state index contributed by atoms with van der Waals surface area (Å²) in [5, 5.41) is 0. The minimum Gasteiger partial charge on any atom is -0.463 e. The summed E-state index contributed by atoms with van der Waals surface area (Å²) in [5.74, 6) is -1.84. The number of carbonyl (C=O) groups excluding carboxylic acids is 4. The van der Waals surface area contributed by atoms with Crippen molar-refractivity contribution in [3.63, 3.8) is 0 Å². The number of hydrogen-bond acceptors (Lipinski definition) is 11. The van der Waals surface area contributed by atoms with E-state index in [1.807, 2.05) is 30.3 Å². The monoisotopic (exact) mass is 486 g/mol. The van der Waals surface area contributed by atoms with Crippen LogP contribution in [0.2, 0.25) is 0 Å². The van der Waals surface area contributed by atoms with Crippen molar-refractivity contribution >= 4 is 45.5 Å². The molecule has 1 aliphatic heterocycles. The average molecular weight is 487 g/mol. The van der Waals surface area contributed by atoms with Crippen LogP contribution in [0.4, 0.5) is 0 Å². The van der Waals surface area contributed by atoms with Gasteiger partial charge in [0.2, 0.25) is 0 Å². The minimum atomic E-state index is -1.15. The maximum atomic E-state index is 11.8. The maximum absolute atomic E-state index is 11.8. The van der Waals surface area contributed by atoms with Crippen molar-refractivity contribution in [1.29, 1.82) is 0 Å². The second kappa shape index (κ2) is 12.7. The van der Waals surface area contributed by atoms with Crippen LogP contribution < -0.4 is 0 Å². The Morgan fingerprint density at radius 1 is 0.812 bits per heavy atom. The van der Waals surface area contributed by atoms with Crippen LogP contribution in [0.3, 0.4) is 0 Å². The van der Waals surface area contributed by atoms with Gasteiger partial charge in [-0.2, -0.15) is 0 Å². The summed E-state index contributed by atoms with van der Waals surface area (Å²) >= 11 is 0. The van der Waals surface area contributed by atoms with Gasteiger partial charge in [0.05, 0.1) is 0 Å². The first-order valence-corrected chi connectivity index (χ1v) is 12.2. The highest BCUT2D eigenvalue weighted by atomic mass is 33.1. The number of carbonyl (C=O) groups is 4. The molecule has 1 aromatic carbocycles. The van der Waals surface area contributed by atoms with Gasteiger partial charge < -0.3 is 23.7 Å². The fourth-order valence-corrected chi connectivity index (χ4v) is 5.53. The van der Waals surface area contributed by atoms with Crippen LogP contribution in [0.25, 0.3) is 0 Å². The zero-order chi connectivity index (χ0) is 23.7. The SMILES string of the molecule is CC(=O)OCC1OC(SSCc2ccccc2)C(OC(C)=O)C(OC(C)=O)C1OC(C)=O. The van der Waals surface area contributed by atoms with E-state index in [1.165, 1.54) is 49.3 Å². The lowest BCUT2D eigenvalue weighted by Crippen LogP contribution is -2.61. The Morgan fingerprint density at radius 3 is 1.94 bits per heavy atom. The van der Waals surface area contributed by atoms with Crippen LogP contribution in [0.5, 0.6) is 0 Å². The number of benzene rings is 1. The Bertz CT molecular complexity index is 802. The molecule has 0 spiro atoms. The van der Waals surface area contributed by atoms with Crippen LogP contribution in [-0.2, 0) is 48.6 Å². The van der Waals surface area contributed by atoms with Crippen LogP contribution in [0.15, 0.2) is 30.3 Å². The molecule has 2 rings (SSSR count). The van der Waals surface area contributed by atoms with Gasteiger partial charge in [0, 0.05) is 33.4 Å². The molecule has 0 radical (unpaired) electrons. The molecular formula is C21H26O9S2.